The monoisotopic (exact) mass is 346 g/mol. The molecule has 0 bridgehead atoms. The Bertz CT molecular complexity index is 557. The molecule has 6 heteroatoms. The number of ether oxygens (including phenoxy) is 2. The molecule has 0 aromatic heterocycles. The summed E-state index contributed by atoms with van der Waals surface area (Å²) >= 11 is 0. The molecule has 2 aromatic rings. The van der Waals surface area contributed by atoms with E-state index in [9.17, 15) is 9.59 Å². The van der Waals surface area contributed by atoms with Gasteiger partial charge in [-0.05, 0) is 24.0 Å². The van der Waals surface area contributed by atoms with Crippen molar-refractivity contribution in [3.05, 3.63) is 71.8 Å². The zero-order valence-electron chi connectivity index (χ0n) is 13.8. The SMILES string of the molecule is O=C(CC(=O)OCO)OCO.c1ccc(CCc2ccccc2)cc1. The fraction of sp³-hybridized carbons (Fsp3) is 0.263. The van der Waals surface area contributed by atoms with Crippen LogP contribution in [-0.4, -0.2) is 35.7 Å². The quantitative estimate of drug-likeness (QED) is 0.451. The molecular weight excluding hydrogens is 324 g/mol. The van der Waals surface area contributed by atoms with Crippen molar-refractivity contribution >= 4 is 11.9 Å². The highest BCUT2D eigenvalue weighted by atomic mass is 16.6. The third-order valence-electron chi connectivity index (χ3n) is 3.13. The maximum atomic E-state index is 10.4. The summed E-state index contributed by atoms with van der Waals surface area (Å²) in [5.41, 5.74) is 2.83. The average Bonchev–Trinajstić information content (AvgIpc) is 2.63. The van der Waals surface area contributed by atoms with Gasteiger partial charge >= 0.3 is 11.9 Å². The Morgan fingerprint density at radius 1 is 0.680 bits per heavy atom. The molecule has 0 aliphatic carbocycles. The summed E-state index contributed by atoms with van der Waals surface area (Å²) in [5, 5.41) is 16.1. The summed E-state index contributed by atoms with van der Waals surface area (Å²) in [7, 11) is 0. The molecule has 0 radical (unpaired) electrons. The Morgan fingerprint density at radius 2 is 1.04 bits per heavy atom. The predicted octanol–water partition coefficient (Wildman–Crippen LogP) is 1.83. The van der Waals surface area contributed by atoms with Gasteiger partial charge in [-0.2, -0.15) is 0 Å². The number of rotatable bonds is 7. The van der Waals surface area contributed by atoms with Crippen LogP contribution in [0.1, 0.15) is 17.5 Å². The molecule has 0 fully saturated rings. The molecule has 0 saturated carbocycles. The van der Waals surface area contributed by atoms with Crippen LogP contribution in [0.25, 0.3) is 0 Å². The minimum absolute atomic E-state index is 0.610. The molecule has 0 aliphatic rings. The van der Waals surface area contributed by atoms with Gasteiger partial charge < -0.3 is 19.7 Å². The second-order valence-electron chi connectivity index (χ2n) is 4.94. The van der Waals surface area contributed by atoms with Crippen LogP contribution in [0.15, 0.2) is 60.7 Å². The van der Waals surface area contributed by atoms with Gasteiger partial charge in [0, 0.05) is 0 Å². The number of benzene rings is 2. The van der Waals surface area contributed by atoms with Gasteiger partial charge in [0.1, 0.15) is 6.42 Å². The van der Waals surface area contributed by atoms with Crippen LogP contribution in [-0.2, 0) is 31.9 Å². The van der Waals surface area contributed by atoms with Crippen LogP contribution < -0.4 is 0 Å². The van der Waals surface area contributed by atoms with Crippen LogP contribution in [0.5, 0.6) is 0 Å². The van der Waals surface area contributed by atoms with E-state index in [4.69, 9.17) is 10.2 Å². The number of hydrogen-bond donors (Lipinski definition) is 2. The van der Waals surface area contributed by atoms with E-state index in [1.165, 1.54) is 11.1 Å². The van der Waals surface area contributed by atoms with Gasteiger partial charge in [0.25, 0.3) is 0 Å². The third-order valence-corrected chi connectivity index (χ3v) is 3.13. The van der Waals surface area contributed by atoms with E-state index in [1.54, 1.807) is 0 Å². The normalized spacial score (nSPS) is 9.52. The molecule has 0 aliphatic heterocycles. The minimum atomic E-state index is -0.897. The summed E-state index contributed by atoms with van der Waals surface area (Å²) in [6.45, 7) is -1.55. The predicted molar refractivity (Wildman–Crippen MR) is 91.3 cm³/mol. The first-order valence-corrected chi connectivity index (χ1v) is 7.76. The fourth-order valence-corrected chi connectivity index (χ4v) is 1.94. The van der Waals surface area contributed by atoms with Crippen LogP contribution in [0.4, 0.5) is 0 Å². The highest BCUT2D eigenvalue weighted by Crippen LogP contribution is 2.06. The molecule has 2 N–H and O–H groups in total. The summed E-state index contributed by atoms with van der Waals surface area (Å²) in [6, 6.07) is 21.2. The van der Waals surface area contributed by atoms with Crippen molar-refractivity contribution in [1.29, 1.82) is 0 Å². The number of aliphatic hydroxyl groups is 2. The molecule has 134 valence electrons. The lowest BCUT2D eigenvalue weighted by Crippen LogP contribution is -2.14. The maximum absolute atomic E-state index is 10.4. The van der Waals surface area contributed by atoms with E-state index in [0.29, 0.717) is 0 Å². The van der Waals surface area contributed by atoms with Gasteiger partial charge in [0.15, 0.2) is 13.6 Å². The fourth-order valence-electron chi connectivity index (χ4n) is 1.94. The number of aliphatic hydroxyl groups excluding tert-OH is 2. The van der Waals surface area contributed by atoms with Gasteiger partial charge in [-0.25, -0.2) is 0 Å². The standard InChI is InChI=1S/C14H14.C5H8O6/c1-3-7-13(8-4-1)11-12-14-9-5-2-6-10-14;6-2-10-4(8)1-5(9)11-3-7/h1-10H,11-12H2;6-7H,1-3H2. The van der Waals surface area contributed by atoms with E-state index in [2.05, 4.69) is 70.1 Å². The number of hydrogen-bond acceptors (Lipinski definition) is 6. The largest absolute Gasteiger partial charge is 0.438 e. The van der Waals surface area contributed by atoms with Crippen molar-refractivity contribution in [1.82, 2.24) is 0 Å². The van der Waals surface area contributed by atoms with Crippen molar-refractivity contribution < 1.29 is 29.3 Å². The Labute approximate surface area is 146 Å². The van der Waals surface area contributed by atoms with E-state index >= 15 is 0 Å². The zero-order valence-corrected chi connectivity index (χ0v) is 13.8. The van der Waals surface area contributed by atoms with Gasteiger partial charge in [-0.3, -0.25) is 9.59 Å². The van der Waals surface area contributed by atoms with Crippen molar-refractivity contribution in [3.63, 3.8) is 0 Å². The van der Waals surface area contributed by atoms with Gasteiger partial charge in [0.2, 0.25) is 0 Å². The van der Waals surface area contributed by atoms with E-state index < -0.39 is 31.9 Å². The van der Waals surface area contributed by atoms with Crippen LogP contribution in [0, 0.1) is 0 Å². The van der Waals surface area contributed by atoms with E-state index in [-0.39, 0.29) is 0 Å². The van der Waals surface area contributed by atoms with Crippen molar-refractivity contribution in [2.75, 3.05) is 13.6 Å². The average molecular weight is 346 g/mol. The summed E-state index contributed by atoms with van der Waals surface area (Å²) in [6.07, 6.45) is 1.65. The lowest BCUT2D eigenvalue weighted by Gasteiger charge is -2.01. The molecule has 25 heavy (non-hydrogen) atoms. The molecule has 2 aromatic carbocycles. The molecule has 0 unspecified atom stereocenters. The van der Waals surface area contributed by atoms with Crippen LogP contribution in [0.2, 0.25) is 0 Å². The number of aryl methyl sites for hydroxylation is 2. The Balaban J connectivity index is 0.000000260. The molecule has 0 atom stereocenters. The Kier molecular flexibility index (Phi) is 10.3. The number of carbonyl (C=O) groups excluding carboxylic acids is 2. The lowest BCUT2D eigenvalue weighted by atomic mass is 10.0. The van der Waals surface area contributed by atoms with Crippen LogP contribution in [0.3, 0.4) is 0 Å². The molecule has 6 nitrogen and oxygen atoms in total. The molecule has 0 spiro atoms. The van der Waals surface area contributed by atoms with E-state index in [0.717, 1.165) is 12.8 Å². The number of carbonyl (C=O) groups is 2. The first-order valence-electron chi connectivity index (χ1n) is 7.76. The number of esters is 2. The molecule has 0 amide bonds. The van der Waals surface area contributed by atoms with Crippen molar-refractivity contribution in [2.45, 2.75) is 19.3 Å². The zero-order chi connectivity index (χ0) is 18.3. The Morgan fingerprint density at radius 3 is 1.36 bits per heavy atom. The molecule has 0 heterocycles. The Hall–Kier alpha value is -2.70. The van der Waals surface area contributed by atoms with Gasteiger partial charge in [-0.15, -0.1) is 0 Å². The molecular formula is C19H22O6. The maximum Gasteiger partial charge on any atom is 0.319 e. The summed E-state index contributed by atoms with van der Waals surface area (Å²) < 4.78 is 7.99. The second-order valence-corrected chi connectivity index (χ2v) is 4.94. The minimum Gasteiger partial charge on any atom is -0.438 e. The van der Waals surface area contributed by atoms with Crippen molar-refractivity contribution in [3.8, 4) is 0 Å². The van der Waals surface area contributed by atoms with Gasteiger partial charge in [0.05, 0.1) is 0 Å². The summed E-state index contributed by atoms with van der Waals surface area (Å²) in [5.74, 6) is -1.79. The first-order chi connectivity index (χ1) is 12.2. The smallest absolute Gasteiger partial charge is 0.319 e. The summed E-state index contributed by atoms with van der Waals surface area (Å²) in [4.78, 5) is 20.7. The first kappa shape index (κ1) is 20.3. The molecule has 2 rings (SSSR count). The molecule has 0 saturated heterocycles. The van der Waals surface area contributed by atoms with Crippen molar-refractivity contribution in [2.24, 2.45) is 0 Å². The highest BCUT2D eigenvalue weighted by Gasteiger charge is 2.10. The third kappa shape index (κ3) is 9.91. The second kappa shape index (κ2) is 12.7. The highest BCUT2D eigenvalue weighted by molar-refractivity contribution is 5.91. The lowest BCUT2D eigenvalue weighted by molar-refractivity contribution is -0.162. The van der Waals surface area contributed by atoms with Crippen LogP contribution >= 0.6 is 0 Å². The van der Waals surface area contributed by atoms with Gasteiger partial charge in [-0.1, -0.05) is 60.7 Å². The topological polar surface area (TPSA) is 93.1 Å². The van der Waals surface area contributed by atoms with E-state index in [1.807, 2.05) is 0 Å².